The number of hydrogen-bond acceptors (Lipinski definition) is 5. The normalized spacial score (nSPS) is 17.7. The van der Waals surface area contributed by atoms with Crippen LogP contribution in [0.3, 0.4) is 0 Å². The molecule has 1 N–H and O–H groups in total. The molecule has 1 aliphatic rings. The van der Waals surface area contributed by atoms with Gasteiger partial charge in [-0.15, -0.1) is 0 Å². The lowest BCUT2D eigenvalue weighted by Crippen LogP contribution is -2.61. The summed E-state index contributed by atoms with van der Waals surface area (Å²) in [5.74, 6) is -0.580. The monoisotopic (exact) mass is 577 g/mol. The van der Waals surface area contributed by atoms with Gasteiger partial charge in [-0.2, -0.15) is 8.61 Å². The fourth-order valence-corrected chi connectivity index (χ4v) is 7.59. The summed E-state index contributed by atoms with van der Waals surface area (Å²) in [6.45, 7) is -0.534. The Labute approximate surface area is 213 Å². The quantitative estimate of drug-likeness (QED) is 0.485. The van der Waals surface area contributed by atoms with Crippen molar-refractivity contribution in [2.75, 3.05) is 26.7 Å². The summed E-state index contributed by atoms with van der Waals surface area (Å²) in [5.41, 5.74) is 1.81. The molecule has 184 valence electrons. The number of carbonyl (C=O) groups is 1. The van der Waals surface area contributed by atoms with Crippen LogP contribution in [0.2, 0.25) is 0 Å². The summed E-state index contributed by atoms with van der Waals surface area (Å²) in [6.07, 6.45) is 0. The van der Waals surface area contributed by atoms with Crippen LogP contribution in [-0.2, 0) is 24.8 Å². The second-order valence-electron chi connectivity index (χ2n) is 7.96. The molecular weight excluding hydrogens is 554 g/mol. The van der Waals surface area contributed by atoms with Gasteiger partial charge >= 0.3 is 0 Å². The molecule has 0 saturated carbocycles. The molecule has 1 fully saturated rings. The zero-order valence-electron chi connectivity index (χ0n) is 18.8. The van der Waals surface area contributed by atoms with E-state index < -0.39 is 32.0 Å². The van der Waals surface area contributed by atoms with E-state index in [1.165, 1.54) is 31.3 Å². The smallest absolute Gasteiger partial charge is 0.243 e. The molecule has 0 spiro atoms. The van der Waals surface area contributed by atoms with Crippen molar-refractivity contribution in [3.8, 4) is 11.1 Å². The molecule has 3 aromatic rings. The molecule has 3 aromatic carbocycles. The topological polar surface area (TPSA) is 104 Å². The Bertz CT molecular complexity index is 1430. The third kappa shape index (κ3) is 5.19. The molecule has 0 radical (unpaired) electrons. The Kier molecular flexibility index (Phi) is 7.43. The van der Waals surface area contributed by atoms with Crippen molar-refractivity contribution >= 4 is 41.9 Å². The molecule has 4 rings (SSSR count). The van der Waals surface area contributed by atoms with Crippen LogP contribution in [0.4, 0.5) is 0 Å². The number of sulfonamides is 2. The van der Waals surface area contributed by atoms with Crippen molar-refractivity contribution in [1.82, 2.24) is 13.9 Å². The van der Waals surface area contributed by atoms with Crippen molar-refractivity contribution < 1.29 is 21.6 Å². The maximum Gasteiger partial charge on any atom is 0.243 e. The van der Waals surface area contributed by atoms with E-state index in [9.17, 15) is 21.6 Å². The van der Waals surface area contributed by atoms with E-state index in [1.807, 2.05) is 30.3 Å². The number of nitrogens with zero attached hydrogens (tertiary/aromatic N) is 2. The lowest BCUT2D eigenvalue weighted by Gasteiger charge is -2.38. The molecular formula is C24H24BrN3O5S2. The maximum atomic E-state index is 13.5. The van der Waals surface area contributed by atoms with Gasteiger partial charge in [-0.05, 0) is 41.5 Å². The largest absolute Gasteiger partial charge is 0.358 e. The average molecular weight is 579 g/mol. The Balaban J connectivity index is 1.62. The number of rotatable bonds is 6. The van der Waals surface area contributed by atoms with E-state index in [4.69, 9.17) is 0 Å². The lowest BCUT2D eigenvalue weighted by molar-refractivity contribution is -0.125. The highest BCUT2D eigenvalue weighted by Crippen LogP contribution is 2.28. The average Bonchev–Trinajstić information content (AvgIpc) is 2.88. The van der Waals surface area contributed by atoms with Crippen LogP contribution in [0.5, 0.6) is 0 Å². The summed E-state index contributed by atoms with van der Waals surface area (Å²) in [7, 11) is -6.60. The first-order chi connectivity index (χ1) is 16.6. The van der Waals surface area contributed by atoms with Gasteiger partial charge in [-0.1, -0.05) is 64.5 Å². The number of piperazine rings is 1. The first kappa shape index (κ1) is 25.5. The van der Waals surface area contributed by atoms with Crippen LogP contribution in [-0.4, -0.2) is 64.1 Å². The first-order valence-corrected chi connectivity index (χ1v) is 14.5. The van der Waals surface area contributed by atoms with Crippen LogP contribution in [0.1, 0.15) is 0 Å². The molecule has 0 aliphatic carbocycles. The standard InChI is InChI=1S/C24H24BrN3O5S2/c1-26-24(29)23-17-27(34(30,31)22-9-5-8-20(25)16-22)14-15-28(23)35(32,33)21-12-10-19(11-13-21)18-6-3-2-4-7-18/h2-13,16,23H,14-15,17H2,1H3,(H,26,29). The van der Waals surface area contributed by atoms with Gasteiger partial charge in [0.05, 0.1) is 9.79 Å². The van der Waals surface area contributed by atoms with Crippen molar-refractivity contribution in [3.63, 3.8) is 0 Å². The maximum absolute atomic E-state index is 13.5. The van der Waals surface area contributed by atoms with Gasteiger partial charge in [0.1, 0.15) is 6.04 Å². The number of likely N-dealkylation sites (N-methyl/N-ethyl adjacent to an activating group) is 1. The third-order valence-corrected chi connectivity index (χ3v) is 10.1. The molecule has 1 saturated heterocycles. The second-order valence-corrected chi connectivity index (χ2v) is 12.7. The Hall–Kier alpha value is -2.57. The number of carbonyl (C=O) groups excluding carboxylic acids is 1. The van der Waals surface area contributed by atoms with Gasteiger partial charge in [-0.25, -0.2) is 16.8 Å². The second kappa shape index (κ2) is 10.2. The summed E-state index contributed by atoms with van der Waals surface area (Å²) < 4.78 is 56.2. The number of benzene rings is 3. The minimum Gasteiger partial charge on any atom is -0.358 e. The van der Waals surface area contributed by atoms with Crippen molar-refractivity contribution in [2.24, 2.45) is 0 Å². The van der Waals surface area contributed by atoms with E-state index in [0.717, 1.165) is 19.7 Å². The van der Waals surface area contributed by atoms with Crippen molar-refractivity contribution in [2.45, 2.75) is 15.8 Å². The molecule has 35 heavy (non-hydrogen) atoms. The molecule has 1 atom stereocenters. The first-order valence-electron chi connectivity index (χ1n) is 10.8. The van der Waals surface area contributed by atoms with Crippen LogP contribution in [0, 0.1) is 0 Å². The van der Waals surface area contributed by atoms with Gasteiger partial charge in [0, 0.05) is 31.2 Å². The molecule has 1 unspecified atom stereocenters. The van der Waals surface area contributed by atoms with Gasteiger partial charge in [-0.3, -0.25) is 4.79 Å². The Morgan fingerprint density at radius 2 is 1.49 bits per heavy atom. The van der Waals surface area contributed by atoms with E-state index in [1.54, 1.807) is 24.3 Å². The number of nitrogens with one attached hydrogen (secondary N) is 1. The van der Waals surface area contributed by atoms with E-state index in [-0.39, 0.29) is 29.4 Å². The molecule has 11 heteroatoms. The highest BCUT2D eigenvalue weighted by atomic mass is 79.9. The van der Waals surface area contributed by atoms with Crippen LogP contribution < -0.4 is 5.32 Å². The van der Waals surface area contributed by atoms with Crippen LogP contribution >= 0.6 is 15.9 Å². The van der Waals surface area contributed by atoms with Crippen LogP contribution in [0.15, 0.2) is 93.1 Å². The molecule has 0 aromatic heterocycles. The number of halogens is 1. The number of hydrogen-bond donors (Lipinski definition) is 1. The fraction of sp³-hybridized carbons (Fsp3) is 0.208. The number of amides is 1. The van der Waals surface area contributed by atoms with Crippen molar-refractivity contribution in [3.05, 3.63) is 83.3 Å². The molecule has 1 aliphatic heterocycles. The van der Waals surface area contributed by atoms with E-state index >= 15 is 0 Å². The zero-order valence-corrected chi connectivity index (χ0v) is 22.1. The molecule has 0 bridgehead atoms. The summed E-state index contributed by atoms with van der Waals surface area (Å²) in [6, 6.07) is 21.0. The predicted molar refractivity (Wildman–Crippen MR) is 137 cm³/mol. The fourth-order valence-electron chi connectivity index (χ4n) is 3.99. The summed E-state index contributed by atoms with van der Waals surface area (Å²) in [4.78, 5) is 12.8. The zero-order chi connectivity index (χ0) is 25.2. The lowest BCUT2D eigenvalue weighted by atomic mass is 10.1. The SMILES string of the molecule is CNC(=O)C1CN(S(=O)(=O)c2cccc(Br)c2)CCN1S(=O)(=O)c1ccc(-c2ccccc2)cc1. The van der Waals surface area contributed by atoms with Gasteiger partial charge in [0.25, 0.3) is 0 Å². The molecule has 1 amide bonds. The van der Waals surface area contributed by atoms with E-state index in [0.29, 0.717) is 4.47 Å². The van der Waals surface area contributed by atoms with Crippen molar-refractivity contribution in [1.29, 1.82) is 0 Å². The minimum absolute atomic E-state index is 0.0365. The molecule has 1 heterocycles. The van der Waals surface area contributed by atoms with Crippen LogP contribution in [0.25, 0.3) is 11.1 Å². The minimum atomic E-state index is -4.06. The van der Waals surface area contributed by atoms with E-state index in [2.05, 4.69) is 21.2 Å². The third-order valence-electron chi connectivity index (χ3n) is 5.84. The predicted octanol–water partition coefficient (Wildman–Crippen LogP) is 2.93. The summed E-state index contributed by atoms with van der Waals surface area (Å²) >= 11 is 3.27. The molecule has 8 nitrogen and oxygen atoms in total. The Morgan fingerprint density at radius 3 is 2.11 bits per heavy atom. The highest BCUT2D eigenvalue weighted by molar-refractivity contribution is 9.10. The van der Waals surface area contributed by atoms with Gasteiger partial charge < -0.3 is 5.32 Å². The Morgan fingerprint density at radius 1 is 0.829 bits per heavy atom. The van der Waals surface area contributed by atoms with Gasteiger partial charge in [0.15, 0.2) is 0 Å². The van der Waals surface area contributed by atoms with Gasteiger partial charge in [0.2, 0.25) is 26.0 Å². The summed E-state index contributed by atoms with van der Waals surface area (Å²) in [5, 5.41) is 2.47. The highest BCUT2D eigenvalue weighted by Gasteiger charge is 2.43.